The molecule has 13 heteroatoms. The Bertz CT molecular complexity index is 766. The van der Waals surface area contributed by atoms with Gasteiger partial charge in [0.2, 0.25) is 5.91 Å². The Kier molecular flexibility index (Phi) is 6.28. The lowest BCUT2D eigenvalue weighted by atomic mass is 10.3. The first-order valence-electron chi connectivity index (χ1n) is 6.69. The maximum absolute atomic E-state index is 12.6. The summed E-state index contributed by atoms with van der Waals surface area (Å²) in [7, 11) is -2.50. The summed E-state index contributed by atoms with van der Waals surface area (Å²) in [6.07, 6.45) is -9.33. The number of aliphatic imine (C=N–C) groups is 1. The molecule has 1 amide bonds. The van der Waals surface area contributed by atoms with Crippen molar-refractivity contribution in [1.29, 1.82) is 0 Å². The van der Waals surface area contributed by atoms with E-state index in [2.05, 4.69) is 4.99 Å². The van der Waals surface area contributed by atoms with E-state index >= 15 is 0 Å². The molecule has 1 aromatic rings. The number of nitrogens with zero attached hydrogens (tertiary/aromatic N) is 2. The molecule has 1 aromatic carbocycles. The molecule has 1 aliphatic heterocycles. The molecule has 1 aliphatic rings. The third kappa shape index (κ3) is 5.88. The molecule has 2 rings (SSSR count). The Morgan fingerprint density at radius 1 is 1.19 bits per heavy atom. The third-order valence-electron chi connectivity index (χ3n) is 2.87. The number of benzene rings is 1. The van der Waals surface area contributed by atoms with Crippen LogP contribution in [0.1, 0.15) is 0 Å². The predicted octanol–water partition coefficient (Wildman–Crippen LogP) is 4.14. The molecule has 26 heavy (non-hydrogen) atoms. The van der Waals surface area contributed by atoms with Crippen LogP contribution in [0.4, 0.5) is 32.0 Å². The zero-order valence-corrected chi connectivity index (χ0v) is 14.9. The summed E-state index contributed by atoms with van der Waals surface area (Å²) >= 11 is 6.51. The third-order valence-corrected chi connectivity index (χ3v) is 5.69. The van der Waals surface area contributed by atoms with Gasteiger partial charge in [0.05, 0.1) is 32.2 Å². The molecule has 1 fully saturated rings. The maximum atomic E-state index is 12.6. The number of thioether (sulfide) groups is 1. The van der Waals surface area contributed by atoms with Crippen molar-refractivity contribution in [3.05, 3.63) is 23.2 Å². The van der Waals surface area contributed by atoms with E-state index in [1.54, 1.807) is 0 Å². The van der Waals surface area contributed by atoms with Crippen molar-refractivity contribution in [3.8, 4) is 0 Å². The number of hydrogen-bond donors (Lipinski definition) is 0. The maximum Gasteiger partial charge on any atom is 0.406 e. The Morgan fingerprint density at radius 3 is 2.42 bits per heavy atom. The van der Waals surface area contributed by atoms with Crippen LogP contribution in [0.3, 0.4) is 0 Å². The van der Waals surface area contributed by atoms with E-state index in [1.807, 2.05) is 0 Å². The predicted molar refractivity (Wildman–Crippen MR) is 86.1 cm³/mol. The normalized spacial score (nSPS) is 18.7. The smallest absolute Gasteiger partial charge is 0.281 e. The van der Waals surface area contributed by atoms with Gasteiger partial charge in [-0.05, 0) is 18.2 Å². The minimum Gasteiger partial charge on any atom is -0.281 e. The number of amidine groups is 1. The minimum absolute atomic E-state index is 0.0655. The zero-order valence-electron chi connectivity index (χ0n) is 12.5. The quantitative estimate of drug-likeness (QED) is 0.664. The highest BCUT2D eigenvalue weighted by molar-refractivity contribution is 8.15. The highest BCUT2D eigenvalue weighted by Crippen LogP contribution is 2.31. The molecule has 144 valence electrons. The van der Waals surface area contributed by atoms with Crippen LogP contribution in [0.5, 0.6) is 0 Å². The van der Waals surface area contributed by atoms with Gasteiger partial charge in [-0.25, -0.2) is 4.99 Å². The number of alkyl halides is 6. The molecule has 0 aromatic heterocycles. The van der Waals surface area contributed by atoms with E-state index in [4.69, 9.17) is 11.6 Å². The lowest BCUT2D eigenvalue weighted by Gasteiger charge is -2.17. The summed E-state index contributed by atoms with van der Waals surface area (Å²) in [5, 5.41) is -0.443. The number of carbonyl (C=O) groups is 1. The van der Waals surface area contributed by atoms with Crippen LogP contribution in [0.15, 0.2) is 28.1 Å². The van der Waals surface area contributed by atoms with Crippen molar-refractivity contribution in [3.63, 3.8) is 0 Å². The average Bonchev–Trinajstić information content (AvgIpc) is 2.78. The van der Waals surface area contributed by atoms with Gasteiger partial charge in [0, 0.05) is 0 Å². The Morgan fingerprint density at radius 2 is 1.85 bits per heavy atom. The second-order valence-corrected chi connectivity index (χ2v) is 7.77. The summed E-state index contributed by atoms with van der Waals surface area (Å²) in [5.74, 6) is -2.66. The van der Waals surface area contributed by atoms with Crippen molar-refractivity contribution >= 4 is 50.9 Å². The Balaban J connectivity index is 2.31. The highest BCUT2D eigenvalue weighted by atomic mass is 35.5. The molecular formula is C13H9ClF6N2O2S2. The standard InChI is InChI=1S/C13H9ClF6N2O2S2/c14-8-2-1-7(3-9(8)26(24)6-13(18,19)20)21-11-22(5-12(15,16)17)10(23)4-25-11/h1-3H,4-6H2. The summed E-state index contributed by atoms with van der Waals surface area (Å²) in [6.45, 7) is -1.53. The number of amides is 1. The molecule has 1 heterocycles. The summed E-state index contributed by atoms with van der Waals surface area (Å²) in [4.78, 5) is 15.5. The van der Waals surface area contributed by atoms with Gasteiger partial charge in [-0.3, -0.25) is 13.9 Å². The molecule has 0 bridgehead atoms. The van der Waals surface area contributed by atoms with E-state index in [0.717, 1.165) is 23.9 Å². The SMILES string of the molecule is O=C1CSC(=Nc2ccc(Cl)c(S(=O)CC(F)(F)F)c2)N1CC(F)(F)F. The van der Waals surface area contributed by atoms with Gasteiger partial charge in [-0.2, -0.15) is 26.3 Å². The monoisotopic (exact) mass is 438 g/mol. The van der Waals surface area contributed by atoms with E-state index in [0.29, 0.717) is 4.90 Å². The van der Waals surface area contributed by atoms with Crippen molar-refractivity contribution in [2.45, 2.75) is 17.2 Å². The van der Waals surface area contributed by atoms with Gasteiger partial charge in [0.25, 0.3) is 0 Å². The van der Waals surface area contributed by atoms with Gasteiger partial charge >= 0.3 is 12.4 Å². The Labute approximate surface area is 155 Å². The molecule has 0 aliphatic carbocycles. The van der Waals surface area contributed by atoms with Gasteiger partial charge in [0.15, 0.2) is 5.17 Å². The summed E-state index contributed by atoms with van der Waals surface area (Å²) in [6, 6.07) is 3.37. The van der Waals surface area contributed by atoms with E-state index in [9.17, 15) is 35.3 Å². The van der Waals surface area contributed by atoms with Crippen molar-refractivity contribution in [1.82, 2.24) is 4.90 Å². The molecule has 4 nitrogen and oxygen atoms in total. The fourth-order valence-corrected chi connectivity index (χ4v) is 4.16. The lowest BCUT2D eigenvalue weighted by molar-refractivity contribution is -0.150. The van der Waals surface area contributed by atoms with Crippen LogP contribution >= 0.6 is 23.4 Å². The second kappa shape index (κ2) is 7.77. The fourth-order valence-electron chi connectivity index (χ4n) is 1.89. The van der Waals surface area contributed by atoms with Crippen molar-refractivity contribution in [2.24, 2.45) is 4.99 Å². The van der Waals surface area contributed by atoms with E-state index in [-0.39, 0.29) is 26.5 Å². The average molecular weight is 439 g/mol. The second-order valence-electron chi connectivity index (χ2n) is 5.00. The minimum atomic E-state index is -4.69. The molecule has 1 saturated heterocycles. The van der Waals surface area contributed by atoms with Crippen LogP contribution < -0.4 is 0 Å². The largest absolute Gasteiger partial charge is 0.406 e. The summed E-state index contributed by atoms with van der Waals surface area (Å²) in [5.41, 5.74) is -0.0655. The number of carbonyl (C=O) groups excluding carboxylic acids is 1. The van der Waals surface area contributed by atoms with Crippen LogP contribution in [0, 0.1) is 0 Å². The molecule has 1 atom stereocenters. The van der Waals surface area contributed by atoms with Gasteiger partial charge in [0.1, 0.15) is 12.3 Å². The van der Waals surface area contributed by atoms with Crippen LogP contribution in [0.25, 0.3) is 0 Å². The van der Waals surface area contributed by atoms with E-state index < -0.39 is 41.4 Å². The highest BCUT2D eigenvalue weighted by Gasteiger charge is 2.39. The van der Waals surface area contributed by atoms with Gasteiger partial charge < -0.3 is 0 Å². The molecule has 0 N–H and O–H groups in total. The molecule has 1 unspecified atom stereocenters. The molecular weight excluding hydrogens is 430 g/mol. The number of hydrogen-bond acceptors (Lipinski definition) is 4. The van der Waals surface area contributed by atoms with Crippen molar-refractivity contribution < 1.29 is 35.3 Å². The topological polar surface area (TPSA) is 49.7 Å². The fraction of sp³-hybridized carbons (Fsp3) is 0.385. The molecule has 0 spiro atoms. The van der Waals surface area contributed by atoms with Crippen LogP contribution in [0.2, 0.25) is 5.02 Å². The van der Waals surface area contributed by atoms with Crippen LogP contribution in [-0.2, 0) is 15.6 Å². The van der Waals surface area contributed by atoms with Gasteiger partial charge in [-0.15, -0.1) is 0 Å². The first-order valence-corrected chi connectivity index (χ1v) is 9.37. The zero-order chi connectivity index (χ0) is 19.7. The van der Waals surface area contributed by atoms with Crippen molar-refractivity contribution in [2.75, 3.05) is 18.1 Å². The van der Waals surface area contributed by atoms with Crippen LogP contribution in [-0.4, -0.2) is 50.6 Å². The first-order chi connectivity index (χ1) is 11.9. The number of rotatable bonds is 4. The molecule has 0 saturated carbocycles. The first kappa shape index (κ1) is 21.0. The molecule has 0 radical (unpaired) electrons. The summed E-state index contributed by atoms with van der Waals surface area (Å²) < 4.78 is 86.6. The Hall–Kier alpha value is -1.27. The van der Waals surface area contributed by atoms with E-state index in [1.165, 1.54) is 6.07 Å². The van der Waals surface area contributed by atoms with Gasteiger partial charge in [-0.1, -0.05) is 23.4 Å². The number of halogens is 7. The lowest BCUT2D eigenvalue weighted by Crippen LogP contribution is -2.38.